The maximum Gasteiger partial charge on any atom is 0.213 e. The van der Waals surface area contributed by atoms with Gasteiger partial charge >= 0.3 is 0 Å². The summed E-state index contributed by atoms with van der Waals surface area (Å²) >= 11 is 0. The third-order valence-electron chi connectivity index (χ3n) is 5.42. The van der Waals surface area contributed by atoms with E-state index in [1.54, 1.807) is 6.07 Å². The first-order valence-corrected chi connectivity index (χ1v) is 10.4. The van der Waals surface area contributed by atoms with Crippen molar-refractivity contribution < 1.29 is 4.39 Å². The summed E-state index contributed by atoms with van der Waals surface area (Å²) in [5.74, 6) is -0.472. The van der Waals surface area contributed by atoms with Crippen LogP contribution in [0.2, 0.25) is 0 Å². The predicted molar refractivity (Wildman–Crippen MR) is 127 cm³/mol. The van der Waals surface area contributed by atoms with Gasteiger partial charge in [-0.25, -0.2) is 9.97 Å². The number of benzene rings is 2. The van der Waals surface area contributed by atoms with Gasteiger partial charge in [-0.1, -0.05) is 30.3 Å². The Morgan fingerprint density at radius 2 is 1.59 bits per heavy atom. The standard InChI is InChI=1S/C27H21FN4/c1-18-15-22(12-13-29-18)24-10-9-23-25(3-2-4-26(23)32-24)31-17-19-5-7-20(8-6-19)21-11-14-30-27(28)16-21/h2-16,31H,17H2,1H3. The third kappa shape index (κ3) is 4.18. The smallest absolute Gasteiger partial charge is 0.213 e. The van der Waals surface area contributed by atoms with Crippen molar-refractivity contribution in [3.63, 3.8) is 0 Å². The highest BCUT2D eigenvalue weighted by Gasteiger charge is 2.06. The molecule has 5 aromatic rings. The Kier molecular flexibility index (Phi) is 5.30. The van der Waals surface area contributed by atoms with E-state index in [0.29, 0.717) is 6.54 Å². The monoisotopic (exact) mass is 420 g/mol. The molecule has 3 heterocycles. The zero-order chi connectivity index (χ0) is 21.9. The van der Waals surface area contributed by atoms with Crippen molar-refractivity contribution in [2.45, 2.75) is 13.5 Å². The number of fused-ring (bicyclic) bond motifs is 1. The summed E-state index contributed by atoms with van der Waals surface area (Å²) in [6.07, 6.45) is 3.29. The highest BCUT2D eigenvalue weighted by atomic mass is 19.1. The lowest BCUT2D eigenvalue weighted by molar-refractivity contribution is 0.584. The molecule has 4 nitrogen and oxygen atoms in total. The van der Waals surface area contributed by atoms with Crippen molar-refractivity contribution in [1.29, 1.82) is 0 Å². The molecular formula is C27H21FN4. The molecular weight excluding hydrogens is 399 g/mol. The Bertz CT molecular complexity index is 1400. The Labute approximate surface area is 185 Å². The van der Waals surface area contributed by atoms with Gasteiger partial charge in [-0.05, 0) is 66.1 Å². The van der Waals surface area contributed by atoms with E-state index >= 15 is 0 Å². The Balaban J connectivity index is 1.35. The molecule has 2 aromatic carbocycles. The molecule has 3 aromatic heterocycles. The predicted octanol–water partition coefficient (Wildman–Crippen LogP) is 6.42. The molecule has 1 N–H and O–H groups in total. The van der Waals surface area contributed by atoms with Gasteiger partial charge in [-0.3, -0.25) is 4.98 Å². The number of pyridine rings is 3. The molecule has 0 spiro atoms. The van der Waals surface area contributed by atoms with Crippen LogP contribution in [0.1, 0.15) is 11.3 Å². The average molecular weight is 420 g/mol. The van der Waals surface area contributed by atoms with Crippen molar-refractivity contribution in [2.24, 2.45) is 0 Å². The maximum atomic E-state index is 13.4. The van der Waals surface area contributed by atoms with Crippen molar-refractivity contribution in [3.05, 3.63) is 108 Å². The van der Waals surface area contributed by atoms with E-state index in [2.05, 4.69) is 27.4 Å². The van der Waals surface area contributed by atoms with Crippen molar-refractivity contribution in [2.75, 3.05) is 5.32 Å². The second kappa shape index (κ2) is 8.55. The molecule has 32 heavy (non-hydrogen) atoms. The van der Waals surface area contributed by atoms with E-state index in [4.69, 9.17) is 4.98 Å². The first-order chi connectivity index (χ1) is 15.7. The average Bonchev–Trinajstić information content (AvgIpc) is 2.82. The summed E-state index contributed by atoms with van der Waals surface area (Å²) in [5, 5.41) is 4.60. The minimum Gasteiger partial charge on any atom is -0.380 e. The zero-order valence-electron chi connectivity index (χ0n) is 17.6. The van der Waals surface area contributed by atoms with E-state index in [1.807, 2.05) is 67.7 Å². The van der Waals surface area contributed by atoms with E-state index in [-0.39, 0.29) is 0 Å². The summed E-state index contributed by atoms with van der Waals surface area (Å²) in [5.41, 5.74) is 7.86. The fourth-order valence-corrected chi connectivity index (χ4v) is 3.77. The van der Waals surface area contributed by atoms with Crippen LogP contribution < -0.4 is 5.32 Å². The Morgan fingerprint density at radius 1 is 0.781 bits per heavy atom. The first-order valence-electron chi connectivity index (χ1n) is 10.4. The number of aryl methyl sites for hydroxylation is 1. The van der Waals surface area contributed by atoms with Crippen LogP contribution in [-0.4, -0.2) is 15.0 Å². The minimum atomic E-state index is -0.472. The van der Waals surface area contributed by atoms with Gasteiger partial charge in [0.1, 0.15) is 0 Å². The van der Waals surface area contributed by atoms with Crippen LogP contribution in [0.4, 0.5) is 10.1 Å². The van der Waals surface area contributed by atoms with Crippen LogP contribution in [-0.2, 0) is 6.54 Å². The van der Waals surface area contributed by atoms with E-state index < -0.39 is 5.95 Å². The molecule has 156 valence electrons. The lowest BCUT2D eigenvalue weighted by Crippen LogP contribution is -2.00. The van der Waals surface area contributed by atoms with Gasteiger partial charge in [0, 0.05) is 47.3 Å². The molecule has 0 saturated carbocycles. The SMILES string of the molecule is Cc1cc(-c2ccc3c(NCc4ccc(-c5ccnc(F)c5)cc4)cccc3n2)ccn1. The van der Waals surface area contributed by atoms with Crippen LogP contribution in [0.3, 0.4) is 0 Å². The molecule has 0 aliphatic heterocycles. The van der Waals surface area contributed by atoms with Gasteiger partial charge in [0.25, 0.3) is 0 Å². The molecule has 0 bridgehead atoms. The normalized spacial score (nSPS) is 10.9. The van der Waals surface area contributed by atoms with Gasteiger partial charge in [0.15, 0.2) is 0 Å². The molecule has 0 amide bonds. The number of aromatic nitrogens is 3. The van der Waals surface area contributed by atoms with Crippen LogP contribution in [0, 0.1) is 12.9 Å². The number of rotatable bonds is 5. The van der Waals surface area contributed by atoms with Crippen LogP contribution >= 0.6 is 0 Å². The fourth-order valence-electron chi connectivity index (χ4n) is 3.77. The number of nitrogens with one attached hydrogen (secondary N) is 1. The van der Waals surface area contributed by atoms with Gasteiger partial charge in [-0.15, -0.1) is 0 Å². The molecule has 0 radical (unpaired) electrons. The summed E-state index contributed by atoms with van der Waals surface area (Å²) < 4.78 is 13.4. The highest BCUT2D eigenvalue weighted by Crippen LogP contribution is 2.27. The van der Waals surface area contributed by atoms with E-state index in [1.165, 1.54) is 12.3 Å². The molecule has 0 saturated heterocycles. The minimum absolute atomic E-state index is 0.472. The lowest BCUT2D eigenvalue weighted by atomic mass is 10.0. The quantitative estimate of drug-likeness (QED) is 0.333. The lowest BCUT2D eigenvalue weighted by Gasteiger charge is -2.11. The van der Waals surface area contributed by atoms with Crippen LogP contribution in [0.5, 0.6) is 0 Å². The number of hydrogen-bond donors (Lipinski definition) is 1. The third-order valence-corrected chi connectivity index (χ3v) is 5.42. The summed E-state index contributed by atoms with van der Waals surface area (Å²) in [6, 6.07) is 25.6. The Morgan fingerprint density at radius 3 is 2.41 bits per heavy atom. The molecule has 0 aliphatic rings. The summed E-state index contributed by atoms with van der Waals surface area (Å²) in [7, 11) is 0. The number of anilines is 1. The van der Waals surface area contributed by atoms with Gasteiger partial charge in [-0.2, -0.15) is 4.39 Å². The van der Waals surface area contributed by atoms with Gasteiger partial charge in [0.2, 0.25) is 5.95 Å². The summed E-state index contributed by atoms with van der Waals surface area (Å²) in [4.78, 5) is 12.7. The van der Waals surface area contributed by atoms with Crippen molar-refractivity contribution >= 4 is 16.6 Å². The van der Waals surface area contributed by atoms with Crippen molar-refractivity contribution in [3.8, 4) is 22.4 Å². The highest BCUT2D eigenvalue weighted by molar-refractivity contribution is 5.92. The topological polar surface area (TPSA) is 50.7 Å². The van der Waals surface area contributed by atoms with Gasteiger partial charge < -0.3 is 5.32 Å². The number of nitrogens with zero attached hydrogens (tertiary/aromatic N) is 3. The fraction of sp³-hybridized carbons (Fsp3) is 0.0741. The zero-order valence-corrected chi connectivity index (χ0v) is 17.6. The molecule has 0 unspecified atom stereocenters. The summed E-state index contributed by atoms with van der Waals surface area (Å²) in [6.45, 7) is 2.66. The van der Waals surface area contributed by atoms with Crippen LogP contribution in [0.25, 0.3) is 33.3 Å². The largest absolute Gasteiger partial charge is 0.380 e. The second-order valence-corrected chi connectivity index (χ2v) is 7.67. The van der Waals surface area contributed by atoms with Crippen molar-refractivity contribution in [1.82, 2.24) is 15.0 Å². The Hall–Kier alpha value is -4.12. The molecule has 0 atom stereocenters. The maximum absolute atomic E-state index is 13.4. The second-order valence-electron chi connectivity index (χ2n) is 7.67. The number of hydrogen-bond acceptors (Lipinski definition) is 4. The van der Waals surface area contributed by atoms with E-state index in [0.717, 1.165) is 50.2 Å². The van der Waals surface area contributed by atoms with E-state index in [9.17, 15) is 4.39 Å². The molecule has 5 rings (SSSR count). The number of halogens is 1. The van der Waals surface area contributed by atoms with Gasteiger partial charge in [0.05, 0.1) is 11.2 Å². The molecule has 5 heteroatoms. The molecule has 0 aliphatic carbocycles. The first kappa shape index (κ1) is 19.8. The van der Waals surface area contributed by atoms with Crippen LogP contribution in [0.15, 0.2) is 91.3 Å². The molecule has 0 fully saturated rings.